The Bertz CT molecular complexity index is 889. The fourth-order valence-electron chi connectivity index (χ4n) is 3.30. The van der Waals surface area contributed by atoms with Gasteiger partial charge in [0.15, 0.2) is 0 Å². The van der Waals surface area contributed by atoms with Gasteiger partial charge in [0.05, 0.1) is 19.3 Å². The molecule has 8 heteroatoms. The number of methoxy groups -OCH3 is 1. The fraction of sp³-hybridized carbons (Fsp3) is 0.333. The Morgan fingerprint density at radius 2 is 2.23 bits per heavy atom. The van der Waals surface area contributed by atoms with Crippen molar-refractivity contribution in [1.82, 2.24) is 25.2 Å². The maximum atomic E-state index is 11.8. The molecule has 3 aromatic rings. The summed E-state index contributed by atoms with van der Waals surface area (Å²) >= 11 is 0. The highest BCUT2D eigenvalue weighted by Crippen LogP contribution is 2.33. The lowest BCUT2D eigenvalue weighted by molar-refractivity contribution is 0.0591. The predicted octanol–water partition coefficient (Wildman–Crippen LogP) is 2.58. The molecule has 26 heavy (non-hydrogen) atoms. The van der Waals surface area contributed by atoms with Crippen LogP contribution in [0.4, 0.5) is 0 Å². The number of carbonyl (C=O) groups is 1. The summed E-state index contributed by atoms with van der Waals surface area (Å²) in [5.41, 5.74) is 2.11. The first kappa shape index (κ1) is 16.5. The number of nitrogens with zero attached hydrogens (tertiary/aromatic N) is 4. The molecule has 1 N–H and O–H groups in total. The highest BCUT2D eigenvalue weighted by Gasteiger charge is 2.32. The number of carbonyl (C=O) groups excluding carboxylic acids is 1. The van der Waals surface area contributed by atoms with Crippen LogP contribution in [-0.2, 0) is 11.3 Å². The Kier molecular flexibility index (Phi) is 4.49. The summed E-state index contributed by atoms with van der Waals surface area (Å²) in [6, 6.07) is 9.78. The van der Waals surface area contributed by atoms with Crippen LogP contribution in [-0.4, -0.2) is 44.9 Å². The molecule has 1 atom stereocenters. The van der Waals surface area contributed by atoms with Gasteiger partial charge in [0.25, 0.3) is 0 Å². The van der Waals surface area contributed by atoms with Crippen molar-refractivity contribution < 1.29 is 14.1 Å². The van der Waals surface area contributed by atoms with E-state index in [4.69, 9.17) is 9.26 Å². The normalized spacial score (nSPS) is 17.5. The Morgan fingerprint density at radius 1 is 1.38 bits per heavy atom. The van der Waals surface area contributed by atoms with Gasteiger partial charge in [-0.05, 0) is 19.4 Å². The van der Waals surface area contributed by atoms with Crippen LogP contribution >= 0.6 is 0 Å². The van der Waals surface area contributed by atoms with E-state index in [2.05, 4.69) is 25.2 Å². The number of rotatable bonds is 5. The van der Waals surface area contributed by atoms with E-state index >= 15 is 0 Å². The lowest BCUT2D eigenvalue weighted by Gasteiger charge is -2.21. The van der Waals surface area contributed by atoms with E-state index in [0.29, 0.717) is 24.0 Å². The zero-order chi connectivity index (χ0) is 17.9. The van der Waals surface area contributed by atoms with Gasteiger partial charge in [-0.2, -0.15) is 10.1 Å². The zero-order valence-electron chi connectivity index (χ0n) is 14.4. The number of benzene rings is 1. The van der Waals surface area contributed by atoms with Crippen LogP contribution in [0.25, 0.3) is 11.4 Å². The molecule has 0 aliphatic carbocycles. The number of H-pyrrole nitrogens is 1. The van der Waals surface area contributed by atoms with E-state index in [0.717, 1.165) is 30.5 Å². The summed E-state index contributed by atoms with van der Waals surface area (Å²) in [5, 5.41) is 10.8. The van der Waals surface area contributed by atoms with Crippen molar-refractivity contribution in [3.63, 3.8) is 0 Å². The van der Waals surface area contributed by atoms with Gasteiger partial charge in [-0.15, -0.1) is 0 Å². The van der Waals surface area contributed by atoms with Crippen LogP contribution in [0.1, 0.15) is 40.8 Å². The van der Waals surface area contributed by atoms with Gasteiger partial charge in [-0.3, -0.25) is 10.00 Å². The molecule has 1 unspecified atom stereocenters. The van der Waals surface area contributed by atoms with Crippen molar-refractivity contribution >= 4 is 5.97 Å². The van der Waals surface area contributed by atoms with E-state index < -0.39 is 5.97 Å². The third-order valence-corrected chi connectivity index (χ3v) is 4.60. The summed E-state index contributed by atoms with van der Waals surface area (Å²) in [5.74, 6) is 0.771. The number of esters is 1. The maximum absolute atomic E-state index is 11.8. The summed E-state index contributed by atoms with van der Waals surface area (Å²) in [6.45, 7) is 1.45. The summed E-state index contributed by atoms with van der Waals surface area (Å²) in [7, 11) is 1.36. The van der Waals surface area contributed by atoms with E-state index in [-0.39, 0.29) is 6.04 Å². The molecule has 8 nitrogen and oxygen atoms in total. The SMILES string of the molecule is COC(=O)c1[nH]ncc1CN1CCCC1c1nc(-c2ccccc2)no1. The third-order valence-electron chi connectivity index (χ3n) is 4.60. The highest BCUT2D eigenvalue weighted by molar-refractivity contribution is 5.88. The van der Waals surface area contributed by atoms with Gasteiger partial charge in [0, 0.05) is 17.7 Å². The first-order valence-electron chi connectivity index (χ1n) is 8.50. The highest BCUT2D eigenvalue weighted by atomic mass is 16.5. The second kappa shape index (κ2) is 7.09. The number of aromatic amines is 1. The smallest absolute Gasteiger partial charge is 0.356 e. The van der Waals surface area contributed by atoms with Crippen LogP contribution in [0.5, 0.6) is 0 Å². The minimum absolute atomic E-state index is 0.0281. The minimum atomic E-state index is -0.419. The molecule has 134 valence electrons. The van der Waals surface area contributed by atoms with Crippen molar-refractivity contribution in [3.05, 3.63) is 53.7 Å². The summed E-state index contributed by atoms with van der Waals surface area (Å²) in [6.07, 6.45) is 3.62. The molecular weight excluding hydrogens is 334 g/mol. The first-order valence-corrected chi connectivity index (χ1v) is 8.50. The van der Waals surface area contributed by atoms with Crippen molar-refractivity contribution in [2.24, 2.45) is 0 Å². The molecule has 0 amide bonds. The standard InChI is InChI=1S/C18H19N5O3/c1-25-18(24)15-13(10-19-21-15)11-23-9-5-8-14(23)17-20-16(22-26-17)12-6-3-2-4-7-12/h2-4,6-7,10,14H,5,8-9,11H2,1H3,(H,19,21). The lowest BCUT2D eigenvalue weighted by atomic mass is 10.2. The molecule has 0 spiro atoms. The number of ether oxygens (including phenoxy) is 1. The molecule has 0 saturated carbocycles. The van der Waals surface area contributed by atoms with Crippen LogP contribution in [0.3, 0.4) is 0 Å². The van der Waals surface area contributed by atoms with E-state index in [1.165, 1.54) is 7.11 Å². The van der Waals surface area contributed by atoms with E-state index in [1.54, 1.807) is 6.20 Å². The van der Waals surface area contributed by atoms with Gasteiger partial charge in [-0.1, -0.05) is 35.5 Å². The Morgan fingerprint density at radius 3 is 3.04 bits per heavy atom. The van der Waals surface area contributed by atoms with Gasteiger partial charge in [0.1, 0.15) is 5.69 Å². The Balaban J connectivity index is 1.54. The zero-order valence-corrected chi connectivity index (χ0v) is 14.4. The number of hydrogen-bond donors (Lipinski definition) is 1. The van der Waals surface area contributed by atoms with Crippen molar-refractivity contribution in [2.45, 2.75) is 25.4 Å². The minimum Gasteiger partial charge on any atom is -0.464 e. The van der Waals surface area contributed by atoms with Crippen molar-refractivity contribution in [3.8, 4) is 11.4 Å². The first-order chi connectivity index (χ1) is 12.8. The maximum Gasteiger partial charge on any atom is 0.356 e. The molecule has 1 aliphatic rings. The number of aromatic nitrogens is 4. The molecule has 1 saturated heterocycles. The molecule has 0 radical (unpaired) electrons. The molecule has 2 aromatic heterocycles. The van der Waals surface area contributed by atoms with E-state index in [9.17, 15) is 4.79 Å². The second-order valence-corrected chi connectivity index (χ2v) is 6.21. The molecule has 3 heterocycles. The molecule has 4 rings (SSSR count). The topological polar surface area (TPSA) is 97.1 Å². The number of nitrogens with one attached hydrogen (secondary N) is 1. The summed E-state index contributed by atoms with van der Waals surface area (Å²) < 4.78 is 10.3. The van der Waals surface area contributed by atoms with Gasteiger partial charge < -0.3 is 9.26 Å². The average molecular weight is 353 g/mol. The van der Waals surface area contributed by atoms with E-state index in [1.807, 2.05) is 30.3 Å². The van der Waals surface area contributed by atoms with Crippen LogP contribution in [0.2, 0.25) is 0 Å². The Labute approximate surface area is 150 Å². The van der Waals surface area contributed by atoms with Gasteiger partial charge >= 0.3 is 5.97 Å². The number of hydrogen-bond acceptors (Lipinski definition) is 7. The average Bonchev–Trinajstić information content (AvgIpc) is 3.42. The van der Waals surface area contributed by atoms with Crippen LogP contribution < -0.4 is 0 Å². The van der Waals surface area contributed by atoms with Crippen molar-refractivity contribution in [1.29, 1.82) is 0 Å². The second-order valence-electron chi connectivity index (χ2n) is 6.21. The van der Waals surface area contributed by atoms with Crippen LogP contribution in [0, 0.1) is 0 Å². The van der Waals surface area contributed by atoms with Gasteiger partial charge in [0.2, 0.25) is 11.7 Å². The van der Waals surface area contributed by atoms with Crippen LogP contribution in [0.15, 0.2) is 41.1 Å². The molecule has 1 aliphatic heterocycles. The number of likely N-dealkylation sites (tertiary alicyclic amines) is 1. The molecular formula is C18H19N5O3. The predicted molar refractivity (Wildman–Crippen MR) is 92.0 cm³/mol. The largest absolute Gasteiger partial charge is 0.464 e. The Hall–Kier alpha value is -3.00. The lowest BCUT2D eigenvalue weighted by Crippen LogP contribution is -2.24. The fourth-order valence-corrected chi connectivity index (χ4v) is 3.30. The monoisotopic (exact) mass is 353 g/mol. The quantitative estimate of drug-likeness (QED) is 0.704. The molecule has 0 bridgehead atoms. The third kappa shape index (κ3) is 3.11. The van der Waals surface area contributed by atoms with Gasteiger partial charge in [-0.25, -0.2) is 4.79 Å². The molecule has 1 aromatic carbocycles. The summed E-state index contributed by atoms with van der Waals surface area (Å²) in [4.78, 5) is 18.6. The molecule has 1 fully saturated rings. The van der Waals surface area contributed by atoms with Crippen molar-refractivity contribution in [2.75, 3.05) is 13.7 Å².